The molecule has 26 heavy (non-hydrogen) atoms. The maximum atomic E-state index is 13.8. The summed E-state index contributed by atoms with van der Waals surface area (Å²) in [5.41, 5.74) is 6.77. The molecule has 1 aliphatic heterocycles. The van der Waals surface area contributed by atoms with Crippen molar-refractivity contribution in [2.45, 2.75) is 6.54 Å². The second-order valence-corrected chi connectivity index (χ2v) is 6.37. The minimum Gasteiger partial charge on any atom is -0.494 e. The van der Waals surface area contributed by atoms with Crippen molar-refractivity contribution in [3.8, 4) is 5.75 Å². The Hall–Kier alpha value is -1.61. The van der Waals surface area contributed by atoms with E-state index in [2.05, 4.69) is 9.88 Å². The molecule has 1 aromatic carbocycles. The van der Waals surface area contributed by atoms with Crippen LogP contribution in [0.5, 0.6) is 5.75 Å². The molecule has 0 saturated carbocycles. The third kappa shape index (κ3) is 4.76. The van der Waals surface area contributed by atoms with Gasteiger partial charge in [0.25, 0.3) is 5.91 Å². The first kappa shape index (κ1) is 22.4. The monoisotopic (exact) mass is 422 g/mol. The van der Waals surface area contributed by atoms with Crippen molar-refractivity contribution in [1.82, 2.24) is 9.88 Å². The number of anilines is 1. The van der Waals surface area contributed by atoms with Gasteiger partial charge in [-0.15, -0.1) is 36.2 Å². The average Bonchev–Trinajstić information content (AvgIpc) is 3.10. The quantitative estimate of drug-likeness (QED) is 0.819. The van der Waals surface area contributed by atoms with Crippen LogP contribution in [0.25, 0.3) is 0 Å². The summed E-state index contributed by atoms with van der Waals surface area (Å²) < 4.78 is 18.8. The van der Waals surface area contributed by atoms with Crippen LogP contribution in [0.3, 0.4) is 0 Å². The predicted molar refractivity (Wildman–Crippen MR) is 106 cm³/mol. The van der Waals surface area contributed by atoms with E-state index < -0.39 is 0 Å². The van der Waals surface area contributed by atoms with E-state index in [0.29, 0.717) is 38.4 Å². The topological polar surface area (TPSA) is 71.7 Å². The molecule has 0 spiro atoms. The van der Waals surface area contributed by atoms with E-state index in [4.69, 9.17) is 10.5 Å². The number of thiazole rings is 1. The van der Waals surface area contributed by atoms with Gasteiger partial charge in [0, 0.05) is 49.9 Å². The molecule has 1 aromatic heterocycles. The Bertz CT molecular complexity index is 739. The largest absolute Gasteiger partial charge is 0.494 e. The summed E-state index contributed by atoms with van der Waals surface area (Å²) in [5.74, 6) is -0.233. The highest BCUT2D eigenvalue weighted by Crippen LogP contribution is 2.24. The first-order chi connectivity index (χ1) is 11.6. The van der Waals surface area contributed by atoms with Gasteiger partial charge in [0.2, 0.25) is 0 Å². The first-order valence-corrected chi connectivity index (χ1v) is 8.52. The number of nitrogens with zero attached hydrogens (tertiary/aromatic N) is 3. The number of carbonyl (C=O) groups excluding carboxylic acids is 1. The number of aromatic nitrogens is 1. The molecule has 0 aliphatic carbocycles. The molecule has 6 nitrogen and oxygen atoms in total. The fraction of sp³-hybridized carbons (Fsp3) is 0.375. The van der Waals surface area contributed by atoms with E-state index in [1.165, 1.54) is 24.5 Å². The Morgan fingerprint density at radius 1 is 1.31 bits per heavy atom. The van der Waals surface area contributed by atoms with Gasteiger partial charge in [-0.2, -0.15) is 0 Å². The molecule has 0 unspecified atom stereocenters. The van der Waals surface area contributed by atoms with Crippen LogP contribution in [0.2, 0.25) is 0 Å². The number of ether oxygens (including phenoxy) is 1. The summed E-state index contributed by atoms with van der Waals surface area (Å²) in [5, 5.41) is 2.50. The third-order valence-electron chi connectivity index (χ3n) is 4.01. The number of carbonyl (C=O) groups is 1. The van der Waals surface area contributed by atoms with E-state index in [1.807, 2.05) is 6.07 Å². The van der Waals surface area contributed by atoms with E-state index in [9.17, 15) is 9.18 Å². The zero-order valence-electron chi connectivity index (χ0n) is 14.2. The molecular formula is C16H21Cl2FN4O2S. The second kappa shape index (κ2) is 9.91. The number of rotatable bonds is 4. The van der Waals surface area contributed by atoms with Crippen LogP contribution >= 0.6 is 36.2 Å². The van der Waals surface area contributed by atoms with E-state index in [0.717, 1.165) is 10.7 Å². The Balaban J connectivity index is 0.00000169. The maximum Gasteiger partial charge on any atom is 0.273 e. The molecule has 0 bridgehead atoms. The van der Waals surface area contributed by atoms with Gasteiger partial charge < -0.3 is 20.3 Å². The number of nitrogens with two attached hydrogens (primary N) is 1. The smallest absolute Gasteiger partial charge is 0.273 e. The van der Waals surface area contributed by atoms with Gasteiger partial charge in [0.1, 0.15) is 10.7 Å². The van der Waals surface area contributed by atoms with Gasteiger partial charge in [-0.05, 0) is 12.1 Å². The highest BCUT2D eigenvalue weighted by Gasteiger charge is 2.24. The zero-order chi connectivity index (χ0) is 17.1. The van der Waals surface area contributed by atoms with Gasteiger partial charge in [-0.25, -0.2) is 9.37 Å². The van der Waals surface area contributed by atoms with Crippen LogP contribution in [0.1, 0.15) is 15.5 Å². The third-order valence-corrected chi connectivity index (χ3v) is 4.88. The van der Waals surface area contributed by atoms with Gasteiger partial charge in [0.05, 0.1) is 7.11 Å². The van der Waals surface area contributed by atoms with E-state index in [-0.39, 0.29) is 42.3 Å². The minimum absolute atomic E-state index is 0. The lowest BCUT2D eigenvalue weighted by atomic mass is 10.2. The fourth-order valence-corrected chi connectivity index (χ4v) is 3.33. The lowest BCUT2D eigenvalue weighted by molar-refractivity contribution is 0.0741. The predicted octanol–water partition coefficient (Wildman–Crippen LogP) is 2.56. The van der Waals surface area contributed by atoms with Gasteiger partial charge >= 0.3 is 0 Å². The number of methoxy groups -OCH3 is 1. The Morgan fingerprint density at radius 3 is 2.54 bits per heavy atom. The first-order valence-electron chi connectivity index (χ1n) is 7.64. The molecule has 2 heterocycles. The van der Waals surface area contributed by atoms with Crippen molar-refractivity contribution in [3.63, 3.8) is 0 Å². The number of piperazine rings is 1. The summed E-state index contributed by atoms with van der Waals surface area (Å²) in [4.78, 5) is 20.5. The molecule has 3 rings (SSSR count). The van der Waals surface area contributed by atoms with Crippen LogP contribution in [0.4, 0.5) is 10.1 Å². The highest BCUT2D eigenvalue weighted by atomic mass is 35.5. The molecule has 0 radical (unpaired) electrons. The van der Waals surface area contributed by atoms with Gasteiger partial charge in [-0.3, -0.25) is 4.79 Å². The normalized spacial score (nSPS) is 13.7. The van der Waals surface area contributed by atoms with Crippen molar-refractivity contribution in [2.24, 2.45) is 5.73 Å². The molecule has 2 N–H and O–H groups in total. The van der Waals surface area contributed by atoms with Crippen molar-refractivity contribution in [2.75, 3.05) is 38.2 Å². The summed E-state index contributed by atoms with van der Waals surface area (Å²) in [6, 6.07) is 4.91. The Labute approximate surface area is 168 Å². The van der Waals surface area contributed by atoms with Crippen LogP contribution in [-0.4, -0.2) is 49.1 Å². The molecule has 1 fully saturated rings. The van der Waals surface area contributed by atoms with Crippen LogP contribution in [-0.2, 0) is 6.54 Å². The summed E-state index contributed by atoms with van der Waals surface area (Å²) in [6.45, 7) is 2.77. The van der Waals surface area contributed by atoms with Crippen molar-refractivity contribution in [3.05, 3.63) is 40.1 Å². The summed E-state index contributed by atoms with van der Waals surface area (Å²) in [6.07, 6.45) is 0. The standard InChI is InChI=1S/C16H19FN4O2S.2ClH/c1-23-14-3-2-11(8-12(14)17)20-4-6-21(7-5-20)16(22)13-10-24-15(9-18)19-13;;/h2-3,8,10H,4-7,9,18H2,1H3;2*1H. The lowest BCUT2D eigenvalue weighted by Crippen LogP contribution is -2.48. The SMILES string of the molecule is COc1ccc(N2CCN(C(=O)c3csc(CN)n3)CC2)cc1F.Cl.Cl. The molecular weight excluding hydrogens is 402 g/mol. The van der Waals surface area contributed by atoms with E-state index >= 15 is 0 Å². The molecule has 0 atom stereocenters. The van der Waals surface area contributed by atoms with Crippen LogP contribution in [0.15, 0.2) is 23.6 Å². The maximum absolute atomic E-state index is 13.8. The lowest BCUT2D eigenvalue weighted by Gasteiger charge is -2.35. The molecule has 144 valence electrons. The number of amides is 1. The Kier molecular flexibility index (Phi) is 8.55. The summed E-state index contributed by atoms with van der Waals surface area (Å²) in [7, 11) is 1.44. The average molecular weight is 423 g/mol. The van der Waals surface area contributed by atoms with Crippen molar-refractivity contribution in [1.29, 1.82) is 0 Å². The number of benzene rings is 1. The number of hydrogen-bond donors (Lipinski definition) is 1. The summed E-state index contributed by atoms with van der Waals surface area (Å²) >= 11 is 1.40. The van der Waals surface area contributed by atoms with Gasteiger partial charge in [0.15, 0.2) is 11.6 Å². The van der Waals surface area contributed by atoms with Crippen LogP contribution in [0, 0.1) is 5.82 Å². The number of halogens is 3. The fourth-order valence-electron chi connectivity index (χ4n) is 2.68. The van der Waals surface area contributed by atoms with Gasteiger partial charge in [-0.1, -0.05) is 0 Å². The molecule has 2 aromatic rings. The van der Waals surface area contributed by atoms with Crippen LogP contribution < -0.4 is 15.4 Å². The molecule has 10 heteroatoms. The molecule has 1 aliphatic rings. The highest BCUT2D eigenvalue weighted by molar-refractivity contribution is 7.09. The Morgan fingerprint density at radius 2 is 2.00 bits per heavy atom. The second-order valence-electron chi connectivity index (χ2n) is 5.43. The minimum atomic E-state index is -0.384. The van der Waals surface area contributed by atoms with Crippen molar-refractivity contribution < 1.29 is 13.9 Å². The molecule has 1 amide bonds. The van der Waals surface area contributed by atoms with Crippen molar-refractivity contribution >= 4 is 47.7 Å². The number of hydrogen-bond acceptors (Lipinski definition) is 6. The molecule has 1 saturated heterocycles. The van der Waals surface area contributed by atoms with E-state index in [1.54, 1.807) is 16.3 Å². The zero-order valence-corrected chi connectivity index (χ0v) is 16.6.